The summed E-state index contributed by atoms with van der Waals surface area (Å²) in [6.07, 6.45) is 1.74. The maximum atomic E-state index is 11.1. The molecule has 0 saturated carbocycles. The van der Waals surface area contributed by atoms with E-state index in [0.717, 1.165) is 22.8 Å². The summed E-state index contributed by atoms with van der Waals surface area (Å²) >= 11 is 3.25. The average Bonchev–Trinajstić information content (AvgIpc) is 2.92. The third-order valence-electron chi connectivity index (χ3n) is 3.68. The highest BCUT2D eigenvalue weighted by atomic mass is 79.9. The molecule has 0 spiro atoms. The van der Waals surface area contributed by atoms with Gasteiger partial charge in [0.05, 0.1) is 10.6 Å². The topological polar surface area (TPSA) is 85.9 Å². The fraction of sp³-hybridized carbons (Fsp3) is 0.176. The highest BCUT2D eigenvalue weighted by Gasteiger charge is 2.14. The first-order valence-corrected chi connectivity index (χ1v) is 8.40. The number of halogens is 1. The number of anilines is 1. The van der Waals surface area contributed by atoms with E-state index in [9.17, 15) is 10.1 Å². The van der Waals surface area contributed by atoms with E-state index in [4.69, 9.17) is 0 Å². The Labute approximate surface area is 153 Å². The first-order chi connectivity index (χ1) is 11.9. The summed E-state index contributed by atoms with van der Waals surface area (Å²) in [5.41, 5.74) is 3.37. The van der Waals surface area contributed by atoms with Gasteiger partial charge in [-0.05, 0) is 43.7 Å². The molecule has 0 bridgehead atoms. The molecule has 128 valence electrons. The van der Waals surface area contributed by atoms with Gasteiger partial charge in [-0.1, -0.05) is 22.0 Å². The summed E-state index contributed by atoms with van der Waals surface area (Å²) in [6.45, 7) is 4.35. The minimum atomic E-state index is -0.405. The van der Waals surface area contributed by atoms with E-state index >= 15 is 0 Å². The average molecular weight is 402 g/mol. The van der Waals surface area contributed by atoms with Crippen molar-refractivity contribution in [1.82, 2.24) is 14.8 Å². The summed E-state index contributed by atoms with van der Waals surface area (Å²) in [6, 6.07) is 10.7. The molecule has 0 amide bonds. The lowest BCUT2D eigenvalue weighted by atomic mass is 10.2. The lowest BCUT2D eigenvalue weighted by Gasteiger charge is -2.08. The van der Waals surface area contributed by atoms with Crippen LogP contribution in [0.2, 0.25) is 0 Å². The molecule has 3 rings (SSSR count). The predicted octanol–water partition coefficient (Wildman–Crippen LogP) is 4.17. The quantitative estimate of drug-likeness (QED) is 0.512. The first-order valence-electron chi connectivity index (χ1n) is 7.60. The van der Waals surface area contributed by atoms with Gasteiger partial charge < -0.3 is 5.32 Å². The largest absolute Gasteiger partial charge is 0.375 e. The Morgan fingerprint density at radius 2 is 2.04 bits per heavy atom. The number of nitro benzene ring substituents is 1. The molecule has 0 atom stereocenters. The summed E-state index contributed by atoms with van der Waals surface area (Å²) in [4.78, 5) is 15.2. The summed E-state index contributed by atoms with van der Waals surface area (Å²) in [7, 11) is 0. The Kier molecular flexibility index (Phi) is 4.80. The van der Waals surface area contributed by atoms with Crippen LogP contribution >= 0.6 is 15.9 Å². The number of nitro groups is 1. The first kappa shape index (κ1) is 17.1. The van der Waals surface area contributed by atoms with E-state index in [-0.39, 0.29) is 5.69 Å². The standard InChI is InChI=1S/C17H16BrN5O2/c1-11-7-12(2)22(21-11)17-6-3-13(10-20-17)9-19-15-5-4-14(18)8-16(15)23(24)25/h3-8,10,19H,9H2,1-2H3. The van der Waals surface area contributed by atoms with Crippen molar-refractivity contribution in [2.75, 3.05) is 5.32 Å². The van der Waals surface area contributed by atoms with Crippen LogP contribution < -0.4 is 5.32 Å². The van der Waals surface area contributed by atoms with Crippen molar-refractivity contribution < 1.29 is 4.92 Å². The van der Waals surface area contributed by atoms with Crippen molar-refractivity contribution in [1.29, 1.82) is 0 Å². The second-order valence-corrected chi connectivity index (χ2v) is 6.55. The minimum absolute atomic E-state index is 0.0293. The zero-order valence-electron chi connectivity index (χ0n) is 13.7. The number of nitrogens with zero attached hydrogens (tertiary/aromatic N) is 4. The maximum absolute atomic E-state index is 11.1. The van der Waals surface area contributed by atoms with E-state index in [1.165, 1.54) is 6.07 Å². The molecule has 0 aliphatic rings. The Hall–Kier alpha value is -2.74. The lowest BCUT2D eigenvalue weighted by molar-refractivity contribution is -0.384. The second kappa shape index (κ2) is 7.02. The molecule has 0 saturated heterocycles. The van der Waals surface area contributed by atoms with Gasteiger partial charge in [0.2, 0.25) is 0 Å². The monoisotopic (exact) mass is 401 g/mol. The number of benzene rings is 1. The molecule has 1 N–H and O–H groups in total. The molecule has 1 aromatic carbocycles. The Morgan fingerprint density at radius 3 is 2.64 bits per heavy atom. The van der Waals surface area contributed by atoms with Crippen molar-refractivity contribution in [3.8, 4) is 5.82 Å². The van der Waals surface area contributed by atoms with Crippen LogP contribution in [0, 0.1) is 24.0 Å². The van der Waals surface area contributed by atoms with Crippen LogP contribution in [0.1, 0.15) is 17.0 Å². The Balaban J connectivity index is 1.75. The summed E-state index contributed by atoms with van der Waals surface area (Å²) in [5, 5.41) is 18.6. The van der Waals surface area contributed by atoms with Gasteiger partial charge in [-0.25, -0.2) is 9.67 Å². The van der Waals surface area contributed by atoms with Gasteiger partial charge >= 0.3 is 0 Å². The van der Waals surface area contributed by atoms with Crippen LogP contribution in [0.4, 0.5) is 11.4 Å². The van der Waals surface area contributed by atoms with Crippen molar-refractivity contribution in [2.24, 2.45) is 0 Å². The zero-order valence-corrected chi connectivity index (χ0v) is 15.3. The van der Waals surface area contributed by atoms with Crippen molar-refractivity contribution in [3.05, 3.63) is 74.1 Å². The van der Waals surface area contributed by atoms with Crippen molar-refractivity contribution in [3.63, 3.8) is 0 Å². The molecule has 2 heterocycles. The van der Waals surface area contributed by atoms with Gasteiger partial charge in [0.15, 0.2) is 5.82 Å². The third-order valence-corrected chi connectivity index (χ3v) is 4.17. The number of rotatable bonds is 5. The summed E-state index contributed by atoms with van der Waals surface area (Å²) < 4.78 is 2.45. The molecule has 0 radical (unpaired) electrons. The zero-order chi connectivity index (χ0) is 18.0. The fourth-order valence-corrected chi connectivity index (χ4v) is 2.86. The molecule has 25 heavy (non-hydrogen) atoms. The van der Waals surface area contributed by atoms with Gasteiger partial charge in [-0.15, -0.1) is 0 Å². The van der Waals surface area contributed by atoms with Crippen molar-refractivity contribution in [2.45, 2.75) is 20.4 Å². The number of nitrogens with one attached hydrogen (secondary N) is 1. The lowest BCUT2D eigenvalue weighted by Crippen LogP contribution is -2.05. The van der Waals surface area contributed by atoms with Gasteiger partial charge in [0.1, 0.15) is 5.69 Å². The SMILES string of the molecule is Cc1cc(C)n(-c2ccc(CNc3ccc(Br)cc3[N+](=O)[O-])cn2)n1. The number of hydrogen-bond donors (Lipinski definition) is 1. The molecule has 8 heteroatoms. The van der Waals surface area contributed by atoms with E-state index in [1.807, 2.05) is 32.0 Å². The van der Waals surface area contributed by atoms with E-state index in [0.29, 0.717) is 16.7 Å². The fourth-order valence-electron chi connectivity index (χ4n) is 2.51. The smallest absolute Gasteiger partial charge is 0.293 e. The normalized spacial score (nSPS) is 10.7. The summed E-state index contributed by atoms with van der Waals surface area (Å²) in [5.74, 6) is 0.740. The molecule has 0 aliphatic carbocycles. The molecular formula is C17H16BrN5O2. The van der Waals surface area contributed by atoms with Crippen LogP contribution in [0.5, 0.6) is 0 Å². The number of pyridine rings is 1. The highest BCUT2D eigenvalue weighted by Crippen LogP contribution is 2.28. The molecule has 2 aromatic heterocycles. The molecule has 0 aliphatic heterocycles. The van der Waals surface area contributed by atoms with Gasteiger partial charge in [0, 0.05) is 29.0 Å². The number of aromatic nitrogens is 3. The Morgan fingerprint density at radius 1 is 1.24 bits per heavy atom. The van der Waals surface area contributed by atoms with Crippen LogP contribution in [-0.2, 0) is 6.54 Å². The van der Waals surface area contributed by atoms with Crippen LogP contribution in [-0.4, -0.2) is 19.7 Å². The van der Waals surface area contributed by atoms with Gasteiger partial charge in [-0.2, -0.15) is 5.10 Å². The van der Waals surface area contributed by atoms with Crippen LogP contribution in [0.3, 0.4) is 0 Å². The maximum Gasteiger partial charge on any atom is 0.293 e. The van der Waals surface area contributed by atoms with E-state index < -0.39 is 4.92 Å². The molecule has 7 nitrogen and oxygen atoms in total. The van der Waals surface area contributed by atoms with Gasteiger partial charge in [-0.3, -0.25) is 10.1 Å². The van der Waals surface area contributed by atoms with Crippen molar-refractivity contribution >= 4 is 27.3 Å². The molecule has 3 aromatic rings. The number of aryl methyl sites for hydroxylation is 2. The van der Waals surface area contributed by atoms with Crippen LogP contribution in [0.25, 0.3) is 5.82 Å². The second-order valence-electron chi connectivity index (χ2n) is 5.64. The third kappa shape index (κ3) is 3.85. The van der Waals surface area contributed by atoms with E-state index in [1.54, 1.807) is 23.0 Å². The predicted molar refractivity (Wildman–Crippen MR) is 99.0 cm³/mol. The molecule has 0 fully saturated rings. The highest BCUT2D eigenvalue weighted by molar-refractivity contribution is 9.10. The van der Waals surface area contributed by atoms with Gasteiger partial charge in [0.25, 0.3) is 5.69 Å². The number of hydrogen-bond acceptors (Lipinski definition) is 5. The minimum Gasteiger partial charge on any atom is -0.375 e. The molecular weight excluding hydrogens is 386 g/mol. The van der Waals surface area contributed by atoms with Crippen LogP contribution in [0.15, 0.2) is 47.1 Å². The molecule has 0 unspecified atom stereocenters. The Bertz CT molecular complexity index is 921. The van der Waals surface area contributed by atoms with E-state index in [2.05, 4.69) is 31.3 Å².